The van der Waals surface area contributed by atoms with E-state index < -0.39 is 0 Å². The lowest BCUT2D eigenvalue weighted by molar-refractivity contribution is 0.456. The van der Waals surface area contributed by atoms with Crippen LogP contribution in [0.3, 0.4) is 0 Å². The van der Waals surface area contributed by atoms with Crippen molar-refractivity contribution in [3.05, 3.63) is 11.3 Å². The van der Waals surface area contributed by atoms with Crippen LogP contribution in [0.4, 0.5) is 0 Å². The second-order valence-corrected chi connectivity index (χ2v) is 5.30. The van der Waals surface area contributed by atoms with Crippen LogP contribution in [0.2, 0.25) is 0 Å². The van der Waals surface area contributed by atoms with Gasteiger partial charge in [0.05, 0.1) is 0 Å². The van der Waals surface area contributed by atoms with E-state index in [1.165, 1.54) is 30.7 Å². The molecule has 1 heterocycles. The summed E-state index contributed by atoms with van der Waals surface area (Å²) in [5.41, 5.74) is 4.67. The Morgan fingerprint density at radius 3 is 2.62 bits per heavy atom. The number of hydrogen-bond acceptors (Lipinski definition) is 1. The lowest BCUT2D eigenvalue weighted by Gasteiger charge is -2.25. The van der Waals surface area contributed by atoms with Gasteiger partial charge in [0.1, 0.15) is 0 Å². The second-order valence-electron chi connectivity index (χ2n) is 5.30. The van der Waals surface area contributed by atoms with Crippen LogP contribution in [0.25, 0.3) is 0 Å². The van der Waals surface area contributed by atoms with Gasteiger partial charge in [0.2, 0.25) is 0 Å². The Bertz CT molecular complexity index is 289. The summed E-state index contributed by atoms with van der Waals surface area (Å²) in [7, 11) is 0. The number of allylic oxidation sites excluding steroid dienone is 2. The molecular weight excluding hydrogens is 158 g/mol. The minimum atomic E-state index is 0.310. The molecule has 0 spiro atoms. The van der Waals surface area contributed by atoms with Crippen LogP contribution in [0.5, 0.6) is 0 Å². The minimum absolute atomic E-state index is 0.310. The molecule has 0 aromatic rings. The average molecular weight is 177 g/mol. The smallest absolute Gasteiger partial charge is 0.0376 e. The van der Waals surface area contributed by atoms with Crippen LogP contribution in [0.1, 0.15) is 47.0 Å². The Kier molecular flexibility index (Phi) is 1.86. The summed E-state index contributed by atoms with van der Waals surface area (Å²) in [6, 6.07) is 0. The molecule has 0 saturated heterocycles. The molecule has 1 heteroatoms. The van der Waals surface area contributed by atoms with Gasteiger partial charge < -0.3 is 0 Å². The molecule has 1 fully saturated rings. The molecule has 0 aromatic carbocycles. The summed E-state index contributed by atoms with van der Waals surface area (Å²) in [4.78, 5) is 4.69. The molecule has 13 heavy (non-hydrogen) atoms. The van der Waals surface area contributed by atoms with E-state index in [0.29, 0.717) is 11.3 Å². The number of rotatable bonds is 0. The number of fused-ring (bicyclic) bond motifs is 1. The molecule has 1 aliphatic heterocycles. The Balaban J connectivity index is 2.35. The van der Waals surface area contributed by atoms with Gasteiger partial charge in [-0.15, -0.1) is 0 Å². The maximum atomic E-state index is 4.69. The fourth-order valence-corrected chi connectivity index (χ4v) is 2.87. The van der Waals surface area contributed by atoms with Crippen molar-refractivity contribution in [3.8, 4) is 0 Å². The lowest BCUT2D eigenvalue weighted by Crippen LogP contribution is -2.18. The quantitative estimate of drug-likeness (QED) is 0.536. The highest BCUT2D eigenvalue weighted by Gasteiger charge is 2.37. The van der Waals surface area contributed by atoms with Crippen molar-refractivity contribution >= 4 is 5.71 Å². The highest BCUT2D eigenvalue weighted by atomic mass is 14.8. The van der Waals surface area contributed by atoms with Crippen molar-refractivity contribution in [1.29, 1.82) is 0 Å². The minimum Gasteiger partial charge on any atom is -0.262 e. The molecule has 0 radical (unpaired) electrons. The molecule has 0 aromatic heterocycles. The number of nitrogens with zero attached hydrogens (tertiary/aromatic N) is 1. The summed E-state index contributed by atoms with van der Waals surface area (Å²) in [6.45, 7) is 9.10. The van der Waals surface area contributed by atoms with Crippen molar-refractivity contribution in [2.75, 3.05) is 0 Å². The molecule has 72 valence electrons. The third kappa shape index (κ3) is 1.34. The monoisotopic (exact) mass is 177 g/mol. The van der Waals surface area contributed by atoms with Gasteiger partial charge in [-0.2, -0.15) is 0 Å². The van der Waals surface area contributed by atoms with Crippen LogP contribution in [-0.4, -0.2) is 5.71 Å². The van der Waals surface area contributed by atoms with Gasteiger partial charge in [-0.3, -0.25) is 4.99 Å². The largest absolute Gasteiger partial charge is 0.262 e. The highest BCUT2D eigenvalue weighted by Crippen LogP contribution is 2.44. The van der Waals surface area contributed by atoms with Crippen LogP contribution in [0, 0.1) is 11.3 Å². The normalized spacial score (nSPS) is 28.0. The zero-order valence-electron chi connectivity index (χ0n) is 9.15. The van der Waals surface area contributed by atoms with E-state index in [1.807, 2.05) is 0 Å². The maximum Gasteiger partial charge on any atom is 0.0376 e. The van der Waals surface area contributed by atoms with Crippen molar-refractivity contribution in [3.63, 3.8) is 0 Å². The first-order valence-corrected chi connectivity index (χ1v) is 5.29. The Morgan fingerprint density at radius 2 is 2.00 bits per heavy atom. The zero-order valence-corrected chi connectivity index (χ0v) is 9.15. The van der Waals surface area contributed by atoms with Gasteiger partial charge >= 0.3 is 0 Å². The molecule has 1 aliphatic carbocycles. The molecule has 0 amide bonds. The van der Waals surface area contributed by atoms with Crippen LogP contribution < -0.4 is 0 Å². The summed E-state index contributed by atoms with van der Waals surface area (Å²) in [6.07, 6.45) is 3.92. The second kappa shape index (κ2) is 2.70. The SMILES string of the molecule is CC1=C(C(C)(C)C)C2CCCC2=N1. The third-order valence-corrected chi connectivity index (χ3v) is 3.19. The van der Waals surface area contributed by atoms with Gasteiger partial charge in [0.15, 0.2) is 0 Å². The summed E-state index contributed by atoms with van der Waals surface area (Å²) in [5, 5.41) is 0. The third-order valence-electron chi connectivity index (χ3n) is 3.19. The maximum absolute atomic E-state index is 4.69. The van der Waals surface area contributed by atoms with Crippen LogP contribution >= 0.6 is 0 Å². The predicted molar refractivity (Wildman–Crippen MR) is 56.9 cm³/mol. The highest BCUT2D eigenvalue weighted by molar-refractivity contribution is 5.94. The summed E-state index contributed by atoms with van der Waals surface area (Å²) in [5.74, 6) is 0.708. The first-order chi connectivity index (χ1) is 6.00. The van der Waals surface area contributed by atoms with Crippen LogP contribution in [-0.2, 0) is 0 Å². The van der Waals surface area contributed by atoms with Crippen LogP contribution in [0.15, 0.2) is 16.3 Å². The van der Waals surface area contributed by atoms with E-state index in [0.717, 1.165) is 0 Å². The molecule has 1 atom stereocenters. The molecule has 1 nitrogen and oxygen atoms in total. The standard InChI is InChI=1S/C12H19N/c1-8-11(12(2,3)4)9-6-5-7-10(9)13-8/h9H,5-7H2,1-4H3. The van der Waals surface area contributed by atoms with Crippen molar-refractivity contribution in [2.24, 2.45) is 16.3 Å². The van der Waals surface area contributed by atoms with E-state index in [-0.39, 0.29) is 0 Å². The van der Waals surface area contributed by atoms with Gasteiger partial charge in [0.25, 0.3) is 0 Å². The molecule has 1 saturated carbocycles. The van der Waals surface area contributed by atoms with Gasteiger partial charge in [0, 0.05) is 17.3 Å². The Labute approximate surface area is 80.9 Å². The van der Waals surface area contributed by atoms with Gasteiger partial charge in [-0.1, -0.05) is 20.8 Å². The summed E-state index contributed by atoms with van der Waals surface area (Å²) < 4.78 is 0. The topological polar surface area (TPSA) is 12.4 Å². The first-order valence-electron chi connectivity index (χ1n) is 5.29. The van der Waals surface area contributed by atoms with Crippen molar-refractivity contribution in [2.45, 2.75) is 47.0 Å². The van der Waals surface area contributed by atoms with E-state index in [2.05, 4.69) is 27.7 Å². The van der Waals surface area contributed by atoms with Crippen molar-refractivity contribution < 1.29 is 0 Å². The van der Waals surface area contributed by atoms with Gasteiger partial charge in [-0.25, -0.2) is 0 Å². The zero-order chi connectivity index (χ0) is 9.64. The fraction of sp³-hybridized carbons (Fsp3) is 0.750. The Morgan fingerprint density at radius 1 is 1.31 bits per heavy atom. The van der Waals surface area contributed by atoms with E-state index in [4.69, 9.17) is 4.99 Å². The fourth-order valence-electron chi connectivity index (χ4n) is 2.87. The molecule has 1 unspecified atom stereocenters. The summed E-state index contributed by atoms with van der Waals surface area (Å²) >= 11 is 0. The average Bonchev–Trinajstić information content (AvgIpc) is 2.41. The number of aliphatic imine (C=N–C) groups is 1. The predicted octanol–water partition coefficient (Wildman–Crippen LogP) is 3.56. The molecule has 2 rings (SSSR count). The van der Waals surface area contributed by atoms with Crippen molar-refractivity contribution in [1.82, 2.24) is 0 Å². The molecular formula is C12H19N. The van der Waals surface area contributed by atoms with E-state index in [1.54, 1.807) is 5.57 Å². The van der Waals surface area contributed by atoms with E-state index in [9.17, 15) is 0 Å². The molecule has 2 aliphatic rings. The van der Waals surface area contributed by atoms with E-state index >= 15 is 0 Å². The lowest BCUT2D eigenvalue weighted by atomic mass is 9.78. The van der Waals surface area contributed by atoms with Gasteiger partial charge in [-0.05, 0) is 37.2 Å². The Hall–Kier alpha value is -0.590. The molecule has 0 bridgehead atoms. The first kappa shape index (κ1) is 8.98. The number of hydrogen-bond donors (Lipinski definition) is 0. The molecule has 0 N–H and O–H groups in total.